The molecule has 8 heteroatoms. The molecule has 0 saturated carbocycles. The second-order valence-electron chi connectivity index (χ2n) is 5.65. The molecule has 0 aromatic heterocycles. The molecule has 1 atom stereocenters. The van der Waals surface area contributed by atoms with Crippen LogP contribution in [0.3, 0.4) is 0 Å². The van der Waals surface area contributed by atoms with Crippen LogP contribution in [0.15, 0.2) is 42.5 Å². The lowest BCUT2D eigenvalue weighted by Crippen LogP contribution is -2.31. The van der Waals surface area contributed by atoms with Crippen LogP contribution in [0.1, 0.15) is 6.92 Å². The highest BCUT2D eigenvalue weighted by Crippen LogP contribution is 2.34. The topological polar surface area (TPSA) is 92.3 Å². The van der Waals surface area contributed by atoms with Crippen LogP contribution in [0.5, 0.6) is 23.0 Å². The number of nitrogens with one attached hydrogen (secondary N) is 1. The van der Waals surface area contributed by atoms with E-state index in [0.717, 1.165) is 0 Å². The van der Waals surface area contributed by atoms with Crippen LogP contribution in [0.25, 0.3) is 0 Å². The third-order valence-electron chi connectivity index (χ3n) is 3.73. The number of hydrogen-bond acceptors (Lipinski definition) is 7. The highest BCUT2D eigenvalue weighted by atomic mass is 16.7. The Morgan fingerprint density at radius 2 is 1.78 bits per heavy atom. The molecular weight excluding hydrogens is 354 g/mol. The zero-order chi connectivity index (χ0) is 19.2. The first kappa shape index (κ1) is 18.4. The number of hydrogen-bond donors (Lipinski definition) is 1. The van der Waals surface area contributed by atoms with Gasteiger partial charge < -0.3 is 29.0 Å². The Bertz CT molecular complexity index is 819. The van der Waals surface area contributed by atoms with E-state index in [2.05, 4.69) is 5.32 Å². The molecule has 0 fully saturated rings. The van der Waals surface area contributed by atoms with Gasteiger partial charge in [-0.05, 0) is 43.3 Å². The van der Waals surface area contributed by atoms with Crippen molar-refractivity contribution in [3.05, 3.63) is 42.5 Å². The minimum Gasteiger partial charge on any atom is -0.497 e. The Balaban J connectivity index is 1.46. The summed E-state index contributed by atoms with van der Waals surface area (Å²) in [4.78, 5) is 24.0. The minimum atomic E-state index is -0.984. The first-order chi connectivity index (χ1) is 13.0. The van der Waals surface area contributed by atoms with Gasteiger partial charge in [0.2, 0.25) is 6.79 Å². The van der Waals surface area contributed by atoms with Crippen LogP contribution < -0.4 is 24.3 Å². The van der Waals surface area contributed by atoms with E-state index in [4.69, 9.17) is 23.7 Å². The van der Waals surface area contributed by atoms with Crippen LogP contribution >= 0.6 is 0 Å². The van der Waals surface area contributed by atoms with Crippen molar-refractivity contribution in [1.29, 1.82) is 0 Å². The second kappa shape index (κ2) is 8.31. The van der Waals surface area contributed by atoms with Gasteiger partial charge in [-0.25, -0.2) is 4.79 Å². The molecule has 1 aliphatic rings. The average molecular weight is 373 g/mol. The van der Waals surface area contributed by atoms with Gasteiger partial charge in [0, 0.05) is 11.8 Å². The summed E-state index contributed by atoms with van der Waals surface area (Å²) in [5.41, 5.74) is 0.515. The van der Waals surface area contributed by atoms with Gasteiger partial charge in [-0.3, -0.25) is 4.79 Å². The molecule has 1 unspecified atom stereocenters. The SMILES string of the molecule is COc1ccc(OCC(=O)OC(C)C(=O)Nc2ccc3c(c2)OCO3)cc1. The van der Waals surface area contributed by atoms with Gasteiger partial charge in [-0.2, -0.15) is 0 Å². The molecule has 0 radical (unpaired) electrons. The molecule has 2 aromatic carbocycles. The van der Waals surface area contributed by atoms with E-state index in [0.29, 0.717) is 28.7 Å². The molecule has 0 aliphatic carbocycles. The number of esters is 1. The summed E-state index contributed by atoms with van der Waals surface area (Å²) < 4.78 is 25.9. The van der Waals surface area contributed by atoms with Gasteiger partial charge in [0.25, 0.3) is 5.91 Å². The molecule has 2 aromatic rings. The average Bonchev–Trinajstić information content (AvgIpc) is 3.14. The second-order valence-corrected chi connectivity index (χ2v) is 5.65. The molecule has 1 aliphatic heterocycles. The zero-order valence-electron chi connectivity index (χ0n) is 14.9. The Morgan fingerprint density at radius 3 is 2.52 bits per heavy atom. The number of ether oxygens (including phenoxy) is 5. The normalized spacial score (nSPS) is 12.8. The van der Waals surface area contributed by atoms with E-state index in [-0.39, 0.29) is 13.4 Å². The lowest BCUT2D eigenvalue weighted by Gasteiger charge is -2.14. The van der Waals surface area contributed by atoms with E-state index in [1.807, 2.05) is 0 Å². The predicted octanol–water partition coefficient (Wildman–Crippen LogP) is 2.37. The van der Waals surface area contributed by atoms with Gasteiger partial charge in [-0.1, -0.05) is 0 Å². The van der Waals surface area contributed by atoms with Crippen molar-refractivity contribution < 1.29 is 33.3 Å². The van der Waals surface area contributed by atoms with Crippen LogP contribution in [0, 0.1) is 0 Å². The van der Waals surface area contributed by atoms with Crippen LogP contribution in [0.2, 0.25) is 0 Å². The molecule has 3 rings (SSSR count). The standard InChI is InChI=1S/C19H19NO7/c1-12(19(22)20-13-3-8-16-17(9-13)26-11-25-16)27-18(21)10-24-15-6-4-14(23-2)5-7-15/h3-9,12H,10-11H2,1-2H3,(H,20,22). The van der Waals surface area contributed by atoms with Gasteiger partial charge >= 0.3 is 5.97 Å². The maximum Gasteiger partial charge on any atom is 0.344 e. The number of fused-ring (bicyclic) bond motifs is 1. The first-order valence-electron chi connectivity index (χ1n) is 8.22. The number of methoxy groups -OCH3 is 1. The Hall–Kier alpha value is -3.42. The highest BCUT2D eigenvalue weighted by Gasteiger charge is 2.20. The summed E-state index contributed by atoms with van der Waals surface area (Å²) in [6.45, 7) is 1.32. The van der Waals surface area contributed by atoms with Gasteiger partial charge in [-0.15, -0.1) is 0 Å². The fourth-order valence-electron chi connectivity index (χ4n) is 2.32. The number of anilines is 1. The summed E-state index contributed by atoms with van der Waals surface area (Å²) in [7, 11) is 1.56. The third kappa shape index (κ3) is 4.81. The predicted molar refractivity (Wildman–Crippen MR) is 95.2 cm³/mol. The summed E-state index contributed by atoms with van der Waals surface area (Å²) in [5, 5.41) is 2.66. The number of benzene rings is 2. The van der Waals surface area contributed by atoms with Gasteiger partial charge in [0.05, 0.1) is 7.11 Å². The monoisotopic (exact) mass is 373 g/mol. The number of rotatable bonds is 7. The van der Waals surface area contributed by atoms with Crippen molar-refractivity contribution >= 4 is 17.6 Å². The number of carbonyl (C=O) groups excluding carboxylic acids is 2. The quantitative estimate of drug-likeness (QED) is 0.745. The summed E-state index contributed by atoms with van der Waals surface area (Å²) >= 11 is 0. The maximum absolute atomic E-state index is 12.2. The maximum atomic E-state index is 12.2. The molecule has 142 valence electrons. The molecule has 8 nitrogen and oxygen atoms in total. The van der Waals surface area contributed by atoms with Crippen LogP contribution in [0.4, 0.5) is 5.69 Å². The van der Waals surface area contributed by atoms with E-state index in [1.165, 1.54) is 6.92 Å². The van der Waals surface area contributed by atoms with Crippen molar-refractivity contribution in [2.75, 3.05) is 25.8 Å². The molecule has 1 N–H and O–H groups in total. The Kier molecular flexibility index (Phi) is 5.65. The lowest BCUT2D eigenvalue weighted by molar-refractivity contribution is -0.155. The summed E-state index contributed by atoms with van der Waals surface area (Å²) in [6.07, 6.45) is -0.984. The zero-order valence-corrected chi connectivity index (χ0v) is 14.9. The fourth-order valence-corrected chi connectivity index (χ4v) is 2.32. The van der Waals surface area contributed by atoms with E-state index < -0.39 is 18.0 Å². The van der Waals surface area contributed by atoms with Crippen molar-refractivity contribution in [1.82, 2.24) is 0 Å². The van der Waals surface area contributed by atoms with Gasteiger partial charge in [0.1, 0.15) is 11.5 Å². The molecule has 27 heavy (non-hydrogen) atoms. The molecule has 0 bridgehead atoms. The molecule has 0 spiro atoms. The fraction of sp³-hybridized carbons (Fsp3) is 0.263. The van der Waals surface area contributed by atoms with Gasteiger partial charge in [0.15, 0.2) is 24.2 Å². The van der Waals surface area contributed by atoms with Crippen LogP contribution in [-0.4, -0.2) is 38.5 Å². The van der Waals surface area contributed by atoms with E-state index >= 15 is 0 Å². The van der Waals surface area contributed by atoms with Crippen molar-refractivity contribution in [2.24, 2.45) is 0 Å². The van der Waals surface area contributed by atoms with Crippen molar-refractivity contribution in [3.8, 4) is 23.0 Å². The van der Waals surface area contributed by atoms with E-state index in [9.17, 15) is 9.59 Å². The smallest absolute Gasteiger partial charge is 0.344 e. The minimum absolute atomic E-state index is 0.148. The summed E-state index contributed by atoms with van der Waals surface area (Å²) in [6, 6.07) is 11.8. The molecule has 1 amide bonds. The summed E-state index contributed by atoms with van der Waals surface area (Å²) in [5.74, 6) is 1.21. The Morgan fingerprint density at radius 1 is 1.07 bits per heavy atom. The third-order valence-corrected chi connectivity index (χ3v) is 3.73. The lowest BCUT2D eigenvalue weighted by atomic mass is 10.2. The molecular formula is C19H19NO7. The van der Waals surface area contributed by atoms with Crippen molar-refractivity contribution in [3.63, 3.8) is 0 Å². The van der Waals surface area contributed by atoms with Crippen molar-refractivity contribution in [2.45, 2.75) is 13.0 Å². The number of carbonyl (C=O) groups is 2. The number of amides is 1. The highest BCUT2D eigenvalue weighted by molar-refractivity contribution is 5.95. The first-order valence-corrected chi connectivity index (χ1v) is 8.22. The van der Waals surface area contributed by atoms with E-state index in [1.54, 1.807) is 49.6 Å². The largest absolute Gasteiger partial charge is 0.497 e. The molecule has 0 saturated heterocycles. The Labute approximate surface area is 155 Å². The van der Waals surface area contributed by atoms with Crippen LogP contribution in [-0.2, 0) is 14.3 Å². The molecule has 1 heterocycles.